The molecule has 5 amide bonds. The molecule has 398 valence electrons. The first-order valence-electron chi connectivity index (χ1n) is 25.7. The third-order valence-electron chi connectivity index (χ3n) is 14.7. The Kier molecular flexibility index (Phi) is 23.6. The number of rotatable bonds is 20. The molecule has 2 aromatic rings. The number of likely N-dealkylation sites (tertiary alicyclic amines) is 2. The number of carboxylic acids is 3. The van der Waals surface area contributed by atoms with Gasteiger partial charge in [-0.25, -0.2) is 14.4 Å². The smallest absolute Gasteiger partial charge is 0.326 e. The second-order valence-electron chi connectivity index (χ2n) is 19.4. The summed E-state index contributed by atoms with van der Waals surface area (Å²) < 4.78 is 4.56. The van der Waals surface area contributed by atoms with Crippen molar-refractivity contribution in [2.45, 2.75) is 190 Å². The Morgan fingerprint density at radius 1 is 0.667 bits per heavy atom. The predicted molar refractivity (Wildman–Crippen MR) is 274 cm³/mol. The molecule has 72 heavy (non-hydrogen) atoms. The van der Waals surface area contributed by atoms with Gasteiger partial charge in [-0.1, -0.05) is 116 Å². The molecule has 2 heterocycles. The first-order valence-corrected chi connectivity index (χ1v) is 26.4. The van der Waals surface area contributed by atoms with Gasteiger partial charge in [0.05, 0.1) is 18.7 Å². The van der Waals surface area contributed by atoms with E-state index in [2.05, 4.69) is 26.6 Å². The number of primary amides is 1. The van der Waals surface area contributed by atoms with Gasteiger partial charge in [-0.2, -0.15) is 0 Å². The molecular formula is C53H77BrN6O12. The van der Waals surface area contributed by atoms with Crippen LogP contribution in [0.3, 0.4) is 0 Å². The number of ether oxygens (including phenoxy) is 1. The van der Waals surface area contributed by atoms with Crippen molar-refractivity contribution < 1.29 is 58.4 Å². The maximum Gasteiger partial charge on any atom is 0.326 e. The van der Waals surface area contributed by atoms with E-state index in [0.717, 1.165) is 62.5 Å². The summed E-state index contributed by atoms with van der Waals surface area (Å²) in [5.74, 6) is -3.75. The average Bonchev–Trinajstić information content (AvgIpc) is 3.96. The number of alkyl halides is 1. The van der Waals surface area contributed by atoms with E-state index in [1.54, 1.807) is 25.7 Å². The Morgan fingerprint density at radius 3 is 1.44 bits per heavy atom. The zero-order valence-corrected chi connectivity index (χ0v) is 44.0. The van der Waals surface area contributed by atoms with E-state index in [1.807, 2.05) is 79.8 Å². The summed E-state index contributed by atoms with van der Waals surface area (Å²) in [5.41, 5.74) is 6.95. The molecule has 6 rings (SSSR count). The predicted octanol–water partition coefficient (Wildman–Crippen LogP) is 6.20. The number of carbonyl (C=O) groups is 8. The molecule has 19 heteroatoms. The fourth-order valence-corrected chi connectivity index (χ4v) is 10.8. The van der Waals surface area contributed by atoms with Crippen LogP contribution in [-0.2, 0) is 51.1 Å². The Balaban J connectivity index is 0.000000256. The van der Waals surface area contributed by atoms with Crippen LogP contribution in [0.5, 0.6) is 0 Å². The zero-order chi connectivity index (χ0) is 53.1. The highest BCUT2D eigenvalue weighted by atomic mass is 79.9. The molecule has 4 fully saturated rings. The van der Waals surface area contributed by atoms with Gasteiger partial charge in [0.2, 0.25) is 17.7 Å². The number of aliphatic carboxylic acids is 3. The monoisotopic (exact) mass is 1070 g/mol. The number of halogens is 1. The minimum atomic E-state index is -1.01. The molecule has 10 atom stereocenters. The minimum Gasteiger partial charge on any atom is -0.480 e. The molecular weight excluding hydrogens is 993 g/mol. The van der Waals surface area contributed by atoms with Gasteiger partial charge in [0.15, 0.2) is 0 Å². The van der Waals surface area contributed by atoms with Crippen molar-refractivity contribution in [2.24, 2.45) is 17.6 Å². The van der Waals surface area contributed by atoms with E-state index in [0.29, 0.717) is 51.4 Å². The molecule has 2 aromatic carbocycles. The van der Waals surface area contributed by atoms with Crippen LogP contribution < -0.4 is 21.7 Å². The van der Waals surface area contributed by atoms with E-state index in [-0.39, 0.29) is 54.2 Å². The lowest BCUT2D eigenvalue weighted by Crippen LogP contribution is -2.55. The van der Waals surface area contributed by atoms with Gasteiger partial charge in [0, 0.05) is 12.1 Å². The second kappa shape index (κ2) is 28.7. The number of nitrogens with zero attached hydrogens (tertiary/aromatic N) is 2. The van der Waals surface area contributed by atoms with Crippen LogP contribution in [0.4, 0.5) is 4.79 Å². The normalized spacial score (nSPS) is 22.9. The molecule has 2 aliphatic heterocycles. The van der Waals surface area contributed by atoms with E-state index < -0.39 is 64.5 Å². The van der Waals surface area contributed by atoms with Gasteiger partial charge in [-0.3, -0.25) is 39.9 Å². The van der Waals surface area contributed by atoms with Gasteiger partial charge >= 0.3 is 29.9 Å². The van der Waals surface area contributed by atoms with E-state index >= 15 is 0 Å². The number of nitrogens with two attached hydrogens (primary N) is 1. The topological polar surface area (TPSA) is 275 Å². The largest absolute Gasteiger partial charge is 0.480 e. The number of carboxylic acid groups (broad SMARTS) is 3. The summed E-state index contributed by atoms with van der Waals surface area (Å²) >= 11 is 3.26. The highest BCUT2D eigenvalue weighted by Crippen LogP contribution is 2.41. The standard InChI is InChI=1S/C24H34N2O5.C22H30N2O5.C7H13BrN2O2/c1-3-31-24(30)19(14-13-17-9-5-4-6-10-17)25-16(2)22(27)26-20-12-8-7-11-18(20)15-21(26)23(28)29;1-14(23-17(21(26)27)12-11-15-7-3-2-4-8-15)20(25)24-18-10-6-5-9-16(18)13-19(24)22(28)29;1-3-7(8,4-2)5(11)10-6(9)12/h4-6,9-10,16,18-21,25H,3,7-8,11-15H2,1-2H3,(H,28,29);2-4,7-8,14,16-19,23H,5-6,9-13H2,1H3,(H,26,27)(H,28,29);3-4H2,1-2H3,(H3,9,10,11,12)/t16-,18+,19-,20-,21-;14-,16+,17-,18-,19-;/m00./s1. The van der Waals surface area contributed by atoms with Gasteiger partial charge in [-0.05, 0) is 121 Å². The zero-order valence-electron chi connectivity index (χ0n) is 42.4. The molecule has 2 aliphatic carbocycles. The van der Waals surface area contributed by atoms with Gasteiger partial charge in [0.25, 0.3) is 0 Å². The molecule has 0 spiro atoms. The Labute approximate surface area is 432 Å². The van der Waals surface area contributed by atoms with E-state index in [4.69, 9.17) is 10.5 Å². The Morgan fingerprint density at radius 2 is 1.07 bits per heavy atom. The fourth-order valence-electron chi connectivity index (χ4n) is 10.7. The maximum atomic E-state index is 13.4. The van der Waals surface area contributed by atoms with Crippen molar-refractivity contribution in [3.8, 4) is 0 Å². The van der Waals surface area contributed by atoms with Crippen molar-refractivity contribution in [3.05, 3.63) is 71.8 Å². The molecule has 18 nitrogen and oxygen atoms in total. The number of hydrogen-bond acceptors (Lipinski definition) is 11. The molecule has 2 saturated carbocycles. The first-order chi connectivity index (χ1) is 34.3. The van der Waals surface area contributed by atoms with Crippen LogP contribution >= 0.6 is 15.9 Å². The van der Waals surface area contributed by atoms with Crippen molar-refractivity contribution in [2.75, 3.05) is 6.61 Å². The molecule has 0 radical (unpaired) electrons. The van der Waals surface area contributed by atoms with Crippen molar-refractivity contribution in [1.29, 1.82) is 0 Å². The van der Waals surface area contributed by atoms with Crippen LogP contribution in [0.25, 0.3) is 0 Å². The lowest BCUT2D eigenvalue weighted by Gasteiger charge is -2.35. The molecule has 2 saturated heterocycles. The molecule has 4 aliphatic rings. The number of benzene rings is 2. The first kappa shape index (κ1) is 59.2. The lowest BCUT2D eigenvalue weighted by molar-refractivity contribution is -0.152. The van der Waals surface area contributed by atoms with Crippen molar-refractivity contribution >= 4 is 63.6 Å². The molecule has 0 bridgehead atoms. The number of amides is 5. The van der Waals surface area contributed by atoms with E-state index in [1.165, 1.54) is 4.90 Å². The number of fused-ring (bicyclic) bond motifs is 2. The van der Waals surface area contributed by atoms with Crippen LogP contribution in [0, 0.1) is 11.8 Å². The second-order valence-corrected chi connectivity index (χ2v) is 20.9. The van der Waals surface area contributed by atoms with Crippen LogP contribution in [0.1, 0.15) is 136 Å². The third kappa shape index (κ3) is 16.6. The Bertz CT molecular complexity index is 2130. The summed E-state index contributed by atoms with van der Waals surface area (Å²) in [4.78, 5) is 99.2. The van der Waals surface area contributed by atoms with Crippen LogP contribution in [-0.4, -0.2) is 132 Å². The number of carbonyl (C=O) groups excluding carboxylic acids is 5. The number of urea groups is 1. The third-order valence-corrected chi connectivity index (χ3v) is 16.1. The number of nitrogens with one attached hydrogen (secondary N) is 3. The summed E-state index contributed by atoms with van der Waals surface area (Å²) in [6, 6.07) is 14.1. The average molecular weight is 1070 g/mol. The van der Waals surface area contributed by atoms with E-state index in [9.17, 15) is 53.7 Å². The van der Waals surface area contributed by atoms with Gasteiger partial charge < -0.3 is 35.6 Å². The quantitative estimate of drug-likeness (QED) is 0.0575. The van der Waals surface area contributed by atoms with Crippen LogP contribution in [0.15, 0.2) is 60.7 Å². The summed E-state index contributed by atoms with van der Waals surface area (Å²) in [5, 5.41) is 37.1. The summed E-state index contributed by atoms with van der Waals surface area (Å²) in [6.45, 7) is 9.09. The number of hydrogen-bond donors (Lipinski definition) is 7. The highest BCUT2D eigenvalue weighted by Gasteiger charge is 2.50. The number of aryl methyl sites for hydroxylation is 2. The summed E-state index contributed by atoms with van der Waals surface area (Å²) in [6.07, 6.45) is 12.1. The van der Waals surface area contributed by atoms with Crippen molar-refractivity contribution in [1.82, 2.24) is 25.8 Å². The Hall–Kier alpha value is -5.40. The van der Waals surface area contributed by atoms with Crippen LogP contribution in [0.2, 0.25) is 0 Å². The number of esters is 1. The fraction of sp³-hybridized carbons (Fsp3) is 0.623. The summed E-state index contributed by atoms with van der Waals surface area (Å²) in [7, 11) is 0. The SMILES string of the molecule is CCC(Br)(CC)C(=O)NC(N)=O.CCOC(=O)[C@H](CCc1ccccc1)N[C@@H](C)C(=O)N1[C@H](C(=O)O)C[C@H]2CCCC[C@@H]21.C[C@H](N[C@@H](CCc1ccccc1)C(=O)O)C(=O)N1[C@H](C(=O)O)C[C@H]2CCCC[C@@H]21. The minimum absolute atomic E-state index is 0.0167. The maximum absolute atomic E-state index is 13.4. The molecule has 8 N–H and O–H groups in total. The van der Waals surface area contributed by atoms with Gasteiger partial charge in [0.1, 0.15) is 28.5 Å². The lowest BCUT2D eigenvalue weighted by atomic mass is 9.84. The van der Waals surface area contributed by atoms with Crippen molar-refractivity contribution in [3.63, 3.8) is 0 Å². The molecule has 0 aromatic heterocycles. The highest BCUT2D eigenvalue weighted by molar-refractivity contribution is 9.10. The number of imide groups is 1. The van der Waals surface area contributed by atoms with Gasteiger partial charge in [-0.15, -0.1) is 0 Å². The molecule has 0 unspecified atom stereocenters.